The SMILES string of the molecule is CCC(C)(SCCOC)C(=O)O. The molecule has 0 fully saturated rings. The second kappa shape index (κ2) is 5.43. The molecule has 72 valence electrons. The number of aliphatic carboxylic acids is 1. The molecule has 1 atom stereocenters. The number of hydrogen-bond acceptors (Lipinski definition) is 3. The van der Waals surface area contributed by atoms with Crippen molar-refractivity contribution in [3.63, 3.8) is 0 Å². The number of carbonyl (C=O) groups is 1. The van der Waals surface area contributed by atoms with E-state index in [0.29, 0.717) is 13.0 Å². The van der Waals surface area contributed by atoms with E-state index in [1.54, 1.807) is 14.0 Å². The van der Waals surface area contributed by atoms with Gasteiger partial charge in [-0.25, -0.2) is 0 Å². The molecule has 3 nitrogen and oxygen atoms in total. The number of ether oxygens (including phenoxy) is 1. The van der Waals surface area contributed by atoms with E-state index < -0.39 is 10.7 Å². The number of hydrogen-bond donors (Lipinski definition) is 1. The molecule has 0 rings (SSSR count). The second-order valence-corrected chi connectivity index (χ2v) is 4.33. The average Bonchev–Trinajstić information content (AvgIpc) is 2.04. The Morgan fingerprint density at radius 3 is 2.58 bits per heavy atom. The van der Waals surface area contributed by atoms with Gasteiger partial charge in [0.05, 0.1) is 6.61 Å². The summed E-state index contributed by atoms with van der Waals surface area (Å²) in [6.07, 6.45) is 0.636. The summed E-state index contributed by atoms with van der Waals surface area (Å²) in [6.45, 7) is 4.23. The molecular weight excluding hydrogens is 176 g/mol. The van der Waals surface area contributed by atoms with Crippen molar-refractivity contribution in [2.75, 3.05) is 19.5 Å². The van der Waals surface area contributed by atoms with E-state index in [1.165, 1.54) is 11.8 Å². The number of rotatable bonds is 6. The minimum atomic E-state index is -0.744. The van der Waals surface area contributed by atoms with Gasteiger partial charge in [0.15, 0.2) is 0 Å². The lowest BCUT2D eigenvalue weighted by atomic mass is 10.1. The molecule has 0 radical (unpaired) electrons. The summed E-state index contributed by atoms with van der Waals surface area (Å²) < 4.78 is 4.19. The Morgan fingerprint density at radius 1 is 1.67 bits per heavy atom. The highest BCUT2D eigenvalue weighted by Gasteiger charge is 2.30. The Balaban J connectivity index is 3.88. The largest absolute Gasteiger partial charge is 0.480 e. The Bertz CT molecular complexity index is 149. The molecule has 4 heteroatoms. The third-order valence-electron chi connectivity index (χ3n) is 1.84. The molecule has 0 aliphatic heterocycles. The van der Waals surface area contributed by atoms with Gasteiger partial charge in [-0.1, -0.05) is 6.92 Å². The maximum atomic E-state index is 10.8. The van der Waals surface area contributed by atoms with E-state index in [2.05, 4.69) is 0 Å². The zero-order valence-corrected chi connectivity index (χ0v) is 8.61. The minimum Gasteiger partial charge on any atom is -0.480 e. The summed E-state index contributed by atoms with van der Waals surface area (Å²) >= 11 is 1.43. The van der Waals surface area contributed by atoms with Crippen LogP contribution in [0.4, 0.5) is 0 Å². The van der Waals surface area contributed by atoms with Crippen molar-refractivity contribution in [1.82, 2.24) is 0 Å². The van der Waals surface area contributed by atoms with E-state index in [9.17, 15) is 4.79 Å². The van der Waals surface area contributed by atoms with Crippen LogP contribution in [0.15, 0.2) is 0 Å². The summed E-state index contributed by atoms with van der Waals surface area (Å²) in [5, 5.41) is 8.87. The third kappa shape index (κ3) is 3.45. The number of methoxy groups -OCH3 is 1. The fraction of sp³-hybridized carbons (Fsp3) is 0.875. The lowest BCUT2D eigenvalue weighted by Crippen LogP contribution is -2.31. The Kier molecular flexibility index (Phi) is 5.33. The van der Waals surface area contributed by atoms with E-state index in [0.717, 1.165) is 5.75 Å². The summed E-state index contributed by atoms with van der Waals surface area (Å²) in [6, 6.07) is 0. The first-order valence-corrected chi connectivity index (χ1v) is 4.91. The van der Waals surface area contributed by atoms with Crippen LogP contribution in [0.2, 0.25) is 0 Å². The summed E-state index contributed by atoms with van der Waals surface area (Å²) in [5.74, 6) is -0.0150. The smallest absolute Gasteiger partial charge is 0.319 e. The molecule has 0 aliphatic carbocycles. The first-order valence-electron chi connectivity index (χ1n) is 3.93. The maximum Gasteiger partial charge on any atom is 0.319 e. The maximum absolute atomic E-state index is 10.8. The minimum absolute atomic E-state index is 0.605. The van der Waals surface area contributed by atoms with Crippen LogP contribution in [0.5, 0.6) is 0 Å². The Morgan fingerprint density at radius 2 is 2.25 bits per heavy atom. The van der Waals surface area contributed by atoms with Crippen LogP contribution in [0.3, 0.4) is 0 Å². The molecule has 0 aliphatic rings. The van der Waals surface area contributed by atoms with Gasteiger partial charge in [-0.05, 0) is 13.3 Å². The molecule has 0 aromatic carbocycles. The first kappa shape index (κ1) is 11.8. The average molecular weight is 192 g/mol. The topological polar surface area (TPSA) is 46.5 Å². The summed E-state index contributed by atoms with van der Waals surface area (Å²) in [5.41, 5.74) is 0. The van der Waals surface area contributed by atoms with Crippen LogP contribution in [0.1, 0.15) is 20.3 Å². The van der Waals surface area contributed by atoms with Crippen molar-refractivity contribution in [1.29, 1.82) is 0 Å². The standard InChI is InChI=1S/C8H16O3S/c1-4-8(2,7(9)10)12-6-5-11-3/h4-6H2,1-3H3,(H,9,10). The predicted octanol–water partition coefficient (Wildman–Crippen LogP) is 1.62. The van der Waals surface area contributed by atoms with Crippen molar-refractivity contribution >= 4 is 17.7 Å². The molecule has 0 heterocycles. The highest BCUT2D eigenvalue weighted by molar-refractivity contribution is 8.01. The molecular formula is C8H16O3S. The van der Waals surface area contributed by atoms with Gasteiger partial charge in [0.1, 0.15) is 4.75 Å². The number of carboxylic acids is 1. The normalized spacial score (nSPS) is 15.6. The lowest BCUT2D eigenvalue weighted by molar-refractivity contribution is -0.139. The molecule has 0 bridgehead atoms. The molecule has 0 aromatic heterocycles. The van der Waals surface area contributed by atoms with Gasteiger partial charge in [-0.2, -0.15) is 0 Å². The van der Waals surface area contributed by atoms with Crippen molar-refractivity contribution in [3.8, 4) is 0 Å². The van der Waals surface area contributed by atoms with Gasteiger partial charge >= 0.3 is 5.97 Å². The van der Waals surface area contributed by atoms with E-state index in [-0.39, 0.29) is 0 Å². The Hall–Kier alpha value is -0.220. The van der Waals surface area contributed by atoms with Gasteiger partial charge in [-0.15, -0.1) is 11.8 Å². The van der Waals surface area contributed by atoms with Crippen LogP contribution in [-0.4, -0.2) is 35.3 Å². The number of carboxylic acid groups (broad SMARTS) is 1. The van der Waals surface area contributed by atoms with Crippen LogP contribution < -0.4 is 0 Å². The van der Waals surface area contributed by atoms with Crippen molar-refractivity contribution < 1.29 is 14.6 Å². The molecule has 0 saturated carbocycles. The molecule has 0 spiro atoms. The highest BCUT2D eigenvalue weighted by Crippen LogP contribution is 2.28. The van der Waals surface area contributed by atoms with Gasteiger partial charge in [0.2, 0.25) is 0 Å². The zero-order chi connectivity index (χ0) is 9.61. The van der Waals surface area contributed by atoms with Crippen LogP contribution in [0, 0.1) is 0 Å². The van der Waals surface area contributed by atoms with Crippen molar-refractivity contribution in [2.45, 2.75) is 25.0 Å². The zero-order valence-electron chi connectivity index (χ0n) is 7.79. The molecule has 1 N–H and O–H groups in total. The first-order chi connectivity index (χ1) is 5.56. The molecule has 1 unspecified atom stereocenters. The highest BCUT2D eigenvalue weighted by atomic mass is 32.2. The Labute approximate surface area is 77.5 Å². The van der Waals surface area contributed by atoms with E-state index in [1.807, 2.05) is 6.92 Å². The van der Waals surface area contributed by atoms with Gasteiger partial charge in [-0.3, -0.25) is 4.79 Å². The molecule has 12 heavy (non-hydrogen) atoms. The monoisotopic (exact) mass is 192 g/mol. The van der Waals surface area contributed by atoms with Gasteiger partial charge < -0.3 is 9.84 Å². The number of thioether (sulfide) groups is 1. The lowest BCUT2D eigenvalue weighted by Gasteiger charge is -2.21. The van der Waals surface area contributed by atoms with Gasteiger partial charge in [0, 0.05) is 12.9 Å². The fourth-order valence-electron chi connectivity index (χ4n) is 0.665. The molecule has 0 amide bonds. The second-order valence-electron chi connectivity index (χ2n) is 2.73. The molecule has 0 aromatic rings. The van der Waals surface area contributed by atoms with E-state index >= 15 is 0 Å². The van der Waals surface area contributed by atoms with Crippen molar-refractivity contribution in [2.24, 2.45) is 0 Å². The third-order valence-corrected chi connectivity index (χ3v) is 3.31. The van der Waals surface area contributed by atoms with Crippen molar-refractivity contribution in [3.05, 3.63) is 0 Å². The fourth-order valence-corrected chi connectivity index (χ4v) is 1.69. The molecule has 0 saturated heterocycles. The predicted molar refractivity (Wildman–Crippen MR) is 50.7 cm³/mol. The van der Waals surface area contributed by atoms with Crippen LogP contribution in [-0.2, 0) is 9.53 Å². The van der Waals surface area contributed by atoms with E-state index in [4.69, 9.17) is 9.84 Å². The quantitative estimate of drug-likeness (QED) is 0.650. The van der Waals surface area contributed by atoms with Crippen LogP contribution in [0.25, 0.3) is 0 Å². The summed E-state index contributed by atoms with van der Waals surface area (Å²) in [7, 11) is 1.62. The van der Waals surface area contributed by atoms with Crippen LogP contribution >= 0.6 is 11.8 Å². The summed E-state index contributed by atoms with van der Waals surface area (Å²) in [4.78, 5) is 10.8. The van der Waals surface area contributed by atoms with Gasteiger partial charge in [0.25, 0.3) is 0 Å².